The maximum absolute atomic E-state index is 12.3. The van der Waals surface area contributed by atoms with E-state index in [0.717, 1.165) is 31.9 Å². The van der Waals surface area contributed by atoms with Crippen molar-refractivity contribution < 1.29 is 4.79 Å². The molecule has 0 bridgehead atoms. The van der Waals surface area contributed by atoms with Gasteiger partial charge in [0.15, 0.2) is 0 Å². The molecule has 1 aromatic heterocycles. The van der Waals surface area contributed by atoms with E-state index in [9.17, 15) is 4.79 Å². The smallest absolute Gasteiger partial charge is 0.253 e. The molecule has 1 amide bonds. The quantitative estimate of drug-likeness (QED) is 0.907. The first-order chi connectivity index (χ1) is 12.1. The highest BCUT2D eigenvalue weighted by molar-refractivity contribution is 5.95. The molecule has 2 heterocycles. The summed E-state index contributed by atoms with van der Waals surface area (Å²) >= 11 is 0. The highest BCUT2D eigenvalue weighted by Gasteiger charge is 2.26. The molecular weight excluding hydrogens is 312 g/mol. The molecule has 5 heteroatoms. The van der Waals surface area contributed by atoms with Gasteiger partial charge >= 0.3 is 0 Å². The summed E-state index contributed by atoms with van der Waals surface area (Å²) in [4.78, 5) is 21.3. The number of nitrogens with one attached hydrogen (secondary N) is 1. The second kappa shape index (κ2) is 8.23. The largest absolute Gasteiger partial charge is 0.351 e. The average molecular weight is 338 g/mol. The van der Waals surface area contributed by atoms with Gasteiger partial charge < -0.3 is 10.2 Å². The molecule has 0 aliphatic carbocycles. The minimum Gasteiger partial charge on any atom is -0.351 e. The molecule has 1 aliphatic heterocycles. The van der Waals surface area contributed by atoms with Crippen LogP contribution >= 0.6 is 0 Å². The maximum atomic E-state index is 12.3. The molecule has 0 spiro atoms. The van der Waals surface area contributed by atoms with Gasteiger partial charge in [-0.3, -0.25) is 14.7 Å². The number of nitrogens with zero attached hydrogens (tertiary/aromatic N) is 3. The number of carbonyl (C=O) groups excluding carboxylic acids is 1. The number of pyridine rings is 1. The molecule has 1 saturated heterocycles. The van der Waals surface area contributed by atoms with Crippen LogP contribution in [0.5, 0.6) is 0 Å². The Morgan fingerprint density at radius 1 is 1.20 bits per heavy atom. The van der Waals surface area contributed by atoms with Gasteiger partial charge in [0.25, 0.3) is 5.91 Å². The molecule has 3 rings (SSSR count). The molecule has 1 unspecified atom stereocenters. The lowest BCUT2D eigenvalue weighted by Crippen LogP contribution is -2.49. The lowest BCUT2D eigenvalue weighted by molar-refractivity contribution is 0.0842. The van der Waals surface area contributed by atoms with Gasteiger partial charge in [-0.15, -0.1) is 0 Å². The molecule has 1 atom stereocenters. The lowest BCUT2D eigenvalue weighted by Gasteiger charge is -2.40. The monoisotopic (exact) mass is 338 g/mol. The van der Waals surface area contributed by atoms with Crippen molar-refractivity contribution in [3.8, 4) is 0 Å². The van der Waals surface area contributed by atoms with Crippen molar-refractivity contribution in [3.63, 3.8) is 0 Å². The van der Waals surface area contributed by atoms with Gasteiger partial charge in [0.2, 0.25) is 0 Å². The Balaban J connectivity index is 1.59. The molecule has 1 fully saturated rings. The van der Waals surface area contributed by atoms with Crippen molar-refractivity contribution in [1.29, 1.82) is 0 Å². The van der Waals surface area contributed by atoms with Crippen molar-refractivity contribution in [2.45, 2.75) is 13.0 Å². The average Bonchev–Trinajstić information content (AvgIpc) is 2.64. The van der Waals surface area contributed by atoms with Crippen LogP contribution in [0.25, 0.3) is 0 Å². The summed E-state index contributed by atoms with van der Waals surface area (Å²) in [6, 6.07) is 14.6. The molecule has 1 N–H and O–H groups in total. The molecule has 2 aromatic rings. The van der Waals surface area contributed by atoms with Crippen LogP contribution in [0.4, 0.5) is 0 Å². The van der Waals surface area contributed by atoms with E-state index in [1.807, 2.05) is 13.0 Å². The van der Waals surface area contributed by atoms with Crippen LogP contribution in [0.15, 0.2) is 48.7 Å². The van der Waals surface area contributed by atoms with E-state index in [-0.39, 0.29) is 5.91 Å². The number of piperazine rings is 1. The molecule has 1 aliphatic rings. The third kappa shape index (κ3) is 4.44. The van der Waals surface area contributed by atoms with Crippen LogP contribution in [-0.4, -0.2) is 60.5 Å². The number of hydrogen-bond donors (Lipinski definition) is 1. The van der Waals surface area contributed by atoms with E-state index in [1.165, 1.54) is 5.56 Å². The zero-order valence-electron chi connectivity index (χ0n) is 15.0. The third-order valence-electron chi connectivity index (χ3n) is 4.81. The normalized spacial score (nSPS) is 18.9. The Kier molecular flexibility index (Phi) is 5.79. The highest BCUT2D eigenvalue weighted by atomic mass is 16.1. The number of carbonyl (C=O) groups is 1. The molecule has 132 valence electrons. The number of amides is 1. The highest BCUT2D eigenvalue weighted by Crippen LogP contribution is 2.24. The molecule has 0 saturated carbocycles. The van der Waals surface area contributed by atoms with E-state index in [4.69, 9.17) is 0 Å². The predicted molar refractivity (Wildman–Crippen MR) is 99.6 cm³/mol. The molecule has 5 nitrogen and oxygen atoms in total. The minimum atomic E-state index is -0.0454. The number of rotatable bonds is 5. The molecule has 0 radical (unpaired) electrons. The fourth-order valence-corrected chi connectivity index (χ4v) is 3.35. The summed E-state index contributed by atoms with van der Waals surface area (Å²) in [5.74, 6) is -0.0454. The minimum absolute atomic E-state index is 0.0454. The lowest BCUT2D eigenvalue weighted by atomic mass is 10.0. The number of benzene rings is 1. The summed E-state index contributed by atoms with van der Waals surface area (Å²) in [5, 5.41) is 3.04. The summed E-state index contributed by atoms with van der Waals surface area (Å²) in [6.07, 6.45) is 1.71. The van der Waals surface area contributed by atoms with Gasteiger partial charge in [-0.05, 0) is 31.7 Å². The van der Waals surface area contributed by atoms with Crippen LogP contribution in [0.1, 0.15) is 27.7 Å². The van der Waals surface area contributed by atoms with Gasteiger partial charge in [-0.2, -0.15) is 0 Å². The Morgan fingerprint density at radius 2 is 2.00 bits per heavy atom. The maximum Gasteiger partial charge on any atom is 0.253 e. The summed E-state index contributed by atoms with van der Waals surface area (Å²) in [6.45, 7) is 6.43. The van der Waals surface area contributed by atoms with Crippen LogP contribution in [-0.2, 0) is 0 Å². The molecule has 25 heavy (non-hydrogen) atoms. The zero-order valence-corrected chi connectivity index (χ0v) is 15.0. The zero-order chi connectivity index (χ0) is 17.6. The molecular formula is C20H26N4O. The standard InChI is InChI=1S/C20H26N4O/c1-16-18(9-6-10-21-16)20(25)22-11-12-24-14-13-23(2)15-19(24)17-7-4-3-5-8-17/h3-10,19H,11-15H2,1-2H3,(H,22,25). The summed E-state index contributed by atoms with van der Waals surface area (Å²) in [5.41, 5.74) is 2.76. The van der Waals surface area contributed by atoms with Crippen LogP contribution in [0.3, 0.4) is 0 Å². The topological polar surface area (TPSA) is 48.5 Å². The van der Waals surface area contributed by atoms with Gasteiger partial charge in [0, 0.05) is 50.7 Å². The fraction of sp³-hybridized carbons (Fsp3) is 0.400. The van der Waals surface area contributed by atoms with Crippen molar-refractivity contribution in [2.75, 3.05) is 39.8 Å². The van der Waals surface area contributed by atoms with Crippen molar-refractivity contribution in [1.82, 2.24) is 20.1 Å². The van der Waals surface area contributed by atoms with Gasteiger partial charge in [0.05, 0.1) is 5.56 Å². The van der Waals surface area contributed by atoms with Crippen LogP contribution in [0, 0.1) is 6.92 Å². The number of hydrogen-bond acceptors (Lipinski definition) is 4. The first kappa shape index (κ1) is 17.6. The van der Waals surface area contributed by atoms with Crippen LogP contribution in [0.2, 0.25) is 0 Å². The number of likely N-dealkylation sites (N-methyl/N-ethyl adjacent to an activating group) is 1. The van der Waals surface area contributed by atoms with Crippen LogP contribution < -0.4 is 5.32 Å². The fourth-order valence-electron chi connectivity index (χ4n) is 3.35. The Morgan fingerprint density at radius 3 is 2.76 bits per heavy atom. The third-order valence-corrected chi connectivity index (χ3v) is 4.81. The van der Waals surface area contributed by atoms with Gasteiger partial charge in [0.1, 0.15) is 0 Å². The van der Waals surface area contributed by atoms with E-state index in [2.05, 4.69) is 57.5 Å². The first-order valence-electron chi connectivity index (χ1n) is 8.82. The second-order valence-corrected chi connectivity index (χ2v) is 6.62. The van der Waals surface area contributed by atoms with E-state index >= 15 is 0 Å². The Hall–Kier alpha value is -2.24. The van der Waals surface area contributed by atoms with E-state index < -0.39 is 0 Å². The van der Waals surface area contributed by atoms with Gasteiger partial charge in [-0.1, -0.05) is 30.3 Å². The summed E-state index contributed by atoms with van der Waals surface area (Å²) in [7, 11) is 2.17. The van der Waals surface area contributed by atoms with Gasteiger partial charge in [-0.25, -0.2) is 0 Å². The number of aromatic nitrogens is 1. The van der Waals surface area contributed by atoms with Crippen molar-refractivity contribution in [2.24, 2.45) is 0 Å². The molecule has 1 aromatic carbocycles. The van der Waals surface area contributed by atoms with E-state index in [0.29, 0.717) is 18.2 Å². The Labute approximate surface area is 149 Å². The first-order valence-corrected chi connectivity index (χ1v) is 8.82. The Bertz CT molecular complexity index is 704. The van der Waals surface area contributed by atoms with Crippen molar-refractivity contribution in [3.05, 3.63) is 65.5 Å². The SMILES string of the molecule is Cc1ncccc1C(=O)NCCN1CCN(C)CC1c1ccccc1. The summed E-state index contributed by atoms with van der Waals surface area (Å²) < 4.78 is 0. The number of aryl methyl sites for hydroxylation is 1. The van der Waals surface area contributed by atoms with Crippen molar-refractivity contribution >= 4 is 5.91 Å². The predicted octanol–water partition coefficient (Wildman–Crippen LogP) is 2.11. The van der Waals surface area contributed by atoms with E-state index in [1.54, 1.807) is 12.3 Å². The second-order valence-electron chi connectivity index (χ2n) is 6.62.